The number of aliphatic hydroxyl groups is 1. The van der Waals surface area contributed by atoms with Crippen LogP contribution in [0.2, 0.25) is 0 Å². The molecule has 0 bridgehead atoms. The molecule has 7 heteroatoms. The number of allylic oxidation sites excluding steroid dienone is 1. The molecule has 4 rings (SSSR count). The topological polar surface area (TPSA) is 104 Å². The minimum Gasteiger partial charge on any atom is -0.489 e. The number of nitriles is 1. The van der Waals surface area contributed by atoms with Gasteiger partial charge in [-0.15, -0.1) is 0 Å². The first-order chi connectivity index (χ1) is 16.0. The average molecular weight is 461 g/mol. The molecule has 3 unspecified atom stereocenters. The quantitative estimate of drug-likeness (QED) is 0.638. The maximum Gasteiger partial charge on any atom is 0.221 e. The standard InChI is InChI=1S/C27H32N4O3/c1-17(2)11-21(14-26(3,4)32)24-15-27(30-25(29)31(5)34-27)22-13-20(9-10-23(22)33-24)19-8-6-7-18(12-19)16-28/h6-13,21,24,32H,14-15H2,1-5H3,(H2,29,30). The predicted molar refractivity (Wildman–Crippen MR) is 132 cm³/mol. The van der Waals surface area contributed by atoms with Gasteiger partial charge in [-0.25, -0.2) is 14.9 Å². The van der Waals surface area contributed by atoms with E-state index in [1.54, 1.807) is 13.1 Å². The summed E-state index contributed by atoms with van der Waals surface area (Å²) in [5.41, 5.74) is 8.64. The van der Waals surface area contributed by atoms with Crippen molar-refractivity contribution in [3.63, 3.8) is 0 Å². The highest BCUT2D eigenvalue weighted by Gasteiger charge is 2.50. The second kappa shape index (κ2) is 8.79. The third-order valence-corrected chi connectivity index (χ3v) is 6.15. The number of nitrogens with two attached hydrogens (primary N) is 1. The van der Waals surface area contributed by atoms with Crippen molar-refractivity contribution < 1.29 is 14.7 Å². The second-order valence-corrected chi connectivity index (χ2v) is 10.0. The first-order valence-electron chi connectivity index (χ1n) is 11.5. The molecular weight excluding hydrogens is 428 g/mol. The molecule has 3 atom stereocenters. The number of hydrogen-bond donors (Lipinski definition) is 2. The van der Waals surface area contributed by atoms with Gasteiger partial charge >= 0.3 is 0 Å². The number of hydrogen-bond acceptors (Lipinski definition) is 7. The second-order valence-electron chi connectivity index (χ2n) is 10.0. The van der Waals surface area contributed by atoms with Gasteiger partial charge in [-0.05, 0) is 69.5 Å². The van der Waals surface area contributed by atoms with Crippen molar-refractivity contribution in [1.29, 1.82) is 5.26 Å². The van der Waals surface area contributed by atoms with Crippen LogP contribution in [0.15, 0.2) is 59.1 Å². The number of ether oxygens (including phenoxy) is 1. The van der Waals surface area contributed by atoms with Crippen LogP contribution in [0.5, 0.6) is 5.75 Å². The third-order valence-electron chi connectivity index (χ3n) is 6.15. The zero-order valence-corrected chi connectivity index (χ0v) is 20.4. The van der Waals surface area contributed by atoms with Gasteiger partial charge in [-0.3, -0.25) is 0 Å². The zero-order chi connectivity index (χ0) is 24.7. The molecule has 0 radical (unpaired) electrons. The molecule has 0 saturated carbocycles. The van der Waals surface area contributed by atoms with Gasteiger partial charge in [0.25, 0.3) is 0 Å². The number of fused-ring (bicyclic) bond motifs is 2. The molecule has 2 aliphatic heterocycles. The van der Waals surface area contributed by atoms with E-state index < -0.39 is 11.3 Å². The fourth-order valence-corrected chi connectivity index (χ4v) is 4.76. The SMILES string of the molecule is CC(C)=CC(CC(C)(C)O)C1CC2(N=C(N)N(C)O2)c2cc(-c3cccc(C#N)c3)ccc2O1. The summed E-state index contributed by atoms with van der Waals surface area (Å²) in [6.45, 7) is 7.70. The van der Waals surface area contributed by atoms with Gasteiger partial charge in [0, 0.05) is 19.4 Å². The maximum absolute atomic E-state index is 10.6. The number of benzene rings is 2. The van der Waals surface area contributed by atoms with Crippen LogP contribution >= 0.6 is 0 Å². The van der Waals surface area contributed by atoms with E-state index in [9.17, 15) is 10.4 Å². The number of aliphatic imine (C=N–C) groups is 1. The Balaban J connectivity index is 1.80. The lowest BCUT2D eigenvalue weighted by Gasteiger charge is -2.40. The van der Waals surface area contributed by atoms with Crippen molar-refractivity contribution in [2.45, 2.75) is 58.0 Å². The lowest BCUT2D eigenvalue weighted by molar-refractivity contribution is -0.194. The maximum atomic E-state index is 10.6. The Morgan fingerprint density at radius 1 is 1.32 bits per heavy atom. The highest BCUT2D eigenvalue weighted by Crippen LogP contribution is 2.49. The Hall–Kier alpha value is -3.34. The molecule has 0 amide bonds. The highest BCUT2D eigenvalue weighted by atomic mass is 16.7. The molecule has 2 heterocycles. The molecule has 0 aliphatic carbocycles. The van der Waals surface area contributed by atoms with Crippen molar-refractivity contribution in [2.24, 2.45) is 16.6 Å². The lowest BCUT2D eigenvalue weighted by atomic mass is 9.81. The van der Waals surface area contributed by atoms with Gasteiger partial charge in [0.2, 0.25) is 11.7 Å². The number of rotatable bonds is 5. The van der Waals surface area contributed by atoms with Crippen LogP contribution in [0.3, 0.4) is 0 Å². The van der Waals surface area contributed by atoms with Crippen LogP contribution < -0.4 is 10.5 Å². The van der Waals surface area contributed by atoms with Crippen LogP contribution in [-0.4, -0.2) is 34.9 Å². The molecule has 1 spiro atoms. The highest BCUT2D eigenvalue weighted by molar-refractivity contribution is 5.79. The van der Waals surface area contributed by atoms with Gasteiger partial charge in [0.05, 0.1) is 22.8 Å². The first kappa shape index (κ1) is 23.8. The Labute approximate surface area is 201 Å². The summed E-state index contributed by atoms with van der Waals surface area (Å²) in [6.07, 6.45) is 2.85. The van der Waals surface area contributed by atoms with Crippen LogP contribution in [0, 0.1) is 17.2 Å². The summed E-state index contributed by atoms with van der Waals surface area (Å²) in [5.74, 6) is 0.920. The lowest BCUT2D eigenvalue weighted by Crippen LogP contribution is -2.43. The summed E-state index contributed by atoms with van der Waals surface area (Å²) >= 11 is 0. The summed E-state index contributed by atoms with van der Waals surface area (Å²) in [7, 11) is 1.74. The Morgan fingerprint density at radius 2 is 2.06 bits per heavy atom. The van der Waals surface area contributed by atoms with E-state index in [1.165, 1.54) is 5.06 Å². The Bertz CT molecular complexity index is 1190. The number of guanidine groups is 1. The fraction of sp³-hybridized carbons (Fsp3) is 0.407. The molecule has 34 heavy (non-hydrogen) atoms. The van der Waals surface area contributed by atoms with Crippen molar-refractivity contribution in [2.75, 3.05) is 7.05 Å². The molecule has 178 valence electrons. The van der Waals surface area contributed by atoms with Gasteiger partial charge in [0.1, 0.15) is 11.9 Å². The largest absolute Gasteiger partial charge is 0.489 e. The molecule has 0 saturated heterocycles. The fourth-order valence-electron chi connectivity index (χ4n) is 4.76. The summed E-state index contributed by atoms with van der Waals surface area (Å²) in [4.78, 5) is 11.0. The van der Waals surface area contributed by atoms with Crippen LogP contribution in [0.25, 0.3) is 11.1 Å². The Morgan fingerprint density at radius 3 is 2.68 bits per heavy atom. The van der Waals surface area contributed by atoms with Gasteiger partial charge < -0.3 is 15.6 Å². The molecular formula is C27H32N4O3. The van der Waals surface area contributed by atoms with Crippen molar-refractivity contribution >= 4 is 5.96 Å². The zero-order valence-electron chi connectivity index (χ0n) is 20.4. The number of hydroxylamine groups is 2. The minimum absolute atomic E-state index is 0.0482. The normalized spacial score (nSPS) is 22.4. The predicted octanol–water partition coefficient (Wildman–Crippen LogP) is 4.46. The summed E-state index contributed by atoms with van der Waals surface area (Å²) in [6, 6.07) is 15.6. The van der Waals surface area contributed by atoms with E-state index in [0.717, 1.165) is 22.3 Å². The van der Waals surface area contributed by atoms with Crippen LogP contribution in [-0.2, 0) is 10.6 Å². The summed E-state index contributed by atoms with van der Waals surface area (Å²) < 4.78 is 6.52. The van der Waals surface area contributed by atoms with Crippen LogP contribution in [0.4, 0.5) is 0 Å². The molecule has 7 nitrogen and oxygen atoms in total. The van der Waals surface area contributed by atoms with Gasteiger partial charge in [-0.2, -0.15) is 5.26 Å². The van der Waals surface area contributed by atoms with E-state index in [-0.39, 0.29) is 12.0 Å². The molecule has 2 aromatic carbocycles. The molecule has 2 aliphatic rings. The van der Waals surface area contributed by atoms with E-state index in [1.807, 2.05) is 64.1 Å². The van der Waals surface area contributed by atoms with Crippen molar-refractivity contribution in [1.82, 2.24) is 5.06 Å². The third kappa shape index (κ3) is 4.79. The first-order valence-corrected chi connectivity index (χ1v) is 11.5. The molecule has 3 N–H and O–H groups in total. The van der Waals surface area contributed by atoms with E-state index >= 15 is 0 Å². The van der Waals surface area contributed by atoms with E-state index in [4.69, 9.17) is 20.3 Å². The molecule has 2 aromatic rings. The summed E-state index contributed by atoms with van der Waals surface area (Å²) in [5, 5.41) is 21.4. The average Bonchev–Trinajstić information content (AvgIpc) is 3.05. The van der Waals surface area contributed by atoms with E-state index in [2.05, 4.69) is 12.1 Å². The Kier molecular flexibility index (Phi) is 6.15. The monoisotopic (exact) mass is 460 g/mol. The van der Waals surface area contributed by atoms with Crippen LogP contribution in [0.1, 0.15) is 51.7 Å². The van der Waals surface area contributed by atoms with Gasteiger partial charge in [-0.1, -0.05) is 29.8 Å². The van der Waals surface area contributed by atoms with E-state index in [0.29, 0.717) is 30.1 Å². The van der Waals surface area contributed by atoms with Gasteiger partial charge in [0.15, 0.2) is 0 Å². The number of nitrogens with zero attached hydrogens (tertiary/aromatic N) is 3. The minimum atomic E-state index is -1.03. The molecule has 0 aromatic heterocycles. The smallest absolute Gasteiger partial charge is 0.221 e. The molecule has 0 fully saturated rings. The van der Waals surface area contributed by atoms with Crippen molar-refractivity contribution in [3.8, 4) is 22.9 Å². The van der Waals surface area contributed by atoms with Crippen molar-refractivity contribution in [3.05, 3.63) is 65.2 Å².